The van der Waals surface area contributed by atoms with E-state index in [9.17, 15) is 4.39 Å². The van der Waals surface area contributed by atoms with Crippen molar-refractivity contribution in [1.82, 2.24) is 20.6 Å². The van der Waals surface area contributed by atoms with Gasteiger partial charge in [-0.05, 0) is 70.3 Å². The Hall–Kier alpha value is -4.23. The maximum absolute atomic E-state index is 14.8. The molecule has 1 atom stereocenters. The van der Waals surface area contributed by atoms with E-state index in [1.807, 2.05) is 36.4 Å². The van der Waals surface area contributed by atoms with E-state index in [0.29, 0.717) is 28.8 Å². The number of rotatable bonds is 5. The summed E-state index contributed by atoms with van der Waals surface area (Å²) < 4.78 is 21.2. The SMILES string of the molecule is Fc1cc(Cl)ccc1Nc1cc(-c2ccccc2-c2nnn[nH]2)cc2c1OCCCC2c1ccccc1. The van der Waals surface area contributed by atoms with Gasteiger partial charge in [0.05, 0.1) is 18.0 Å². The van der Waals surface area contributed by atoms with Crippen LogP contribution in [0.25, 0.3) is 22.5 Å². The third-order valence-corrected chi connectivity index (χ3v) is 6.85. The fourth-order valence-corrected chi connectivity index (χ4v) is 5.08. The number of hydrogen-bond donors (Lipinski definition) is 2. The van der Waals surface area contributed by atoms with E-state index in [-0.39, 0.29) is 5.92 Å². The Bertz CT molecular complexity index is 1540. The summed E-state index contributed by atoms with van der Waals surface area (Å²) >= 11 is 6.00. The number of anilines is 2. The molecule has 0 bridgehead atoms. The summed E-state index contributed by atoms with van der Waals surface area (Å²) in [6.07, 6.45) is 1.83. The van der Waals surface area contributed by atoms with Gasteiger partial charge in [0, 0.05) is 22.1 Å². The van der Waals surface area contributed by atoms with E-state index in [1.165, 1.54) is 11.6 Å². The maximum Gasteiger partial charge on any atom is 0.180 e. The molecule has 6 nitrogen and oxygen atoms in total. The van der Waals surface area contributed by atoms with Gasteiger partial charge < -0.3 is 10.1 Å². The quantitative estimate of drug-likeness (QED) is 0.257. The van der Waals surface area contributed by atoms with Gasteiger partial charge >= 0.3 is 0 Å². The standard InChI is InChI=1S/C29H23ClFN5O/c30-20-12-13-26(25(31)17-20)32-27-16-19(22-9-4-5-10-23(22)29-33-35-36-34-29)15-24-21(11-6-14-37-28(24)27)18-7-2-1-3-8-18/h1-5,7-10,12-13,15-17,21,32H,6,11,14H2,(H,33,34,35,36). The van der Waals surface area contributed by atoms with Crippen molar-refractivity contribution in [1.29, 1.82) is 0 Å². The molecule has 0 spiro atoms. The van der Waals surface area contributed by atoms with Crippen molar-refractivity contribution in [2.75, 3.05) is 11.9 Å². The summed E-state index contributed by atoms with van der Waals surface area (Å²) in [5, 5.41) is 18.1. The lowest BCUT2D eigenvalue weighted by Gasteiger charge is -2.22. The van der Waals surface area contributed by atoms with Gasteiger partial charge in [-0.3, -0.25) is 0 Å². The number of nitrogens with one attached hydrogen (secondary N) is 2. The van der Waals surface area contributed by atoms with Crippen molar-refractivity contribution < 1.29 is 9.13 Å². The summed E-state index contributed by atoms with van der Waals surface area (Å²) in [6.45, 7) is 0.577. The van der Waals surface area contributed by atoms with E-state index in [4.69, 9.17) is 16.3 Å². The van der Waals surface area contributed by atoms with Crippen LogP contribution in [-0.4, -0.2) is 27.2 Å². The Kier molecular flexibility index (Phi) is 6.28. The molecule has 0 aliphatic carbocycles. The number of aromatic nitrogens is 4. The lowest BCUT2D eigenvalue weighted by atomic mass is 9.85. The molecular weight excluding hydrogens is 489 g/mol. The van der Waals surface area contributed by atoms with Crippen LogP contribution in [0.3, 0.4) is 0 Å². The second-order valence-corrected chi connectivity index (χ2v) is 9.38. The fraction of sp³-hybridized carbons (Fsp3) is 0.138. The molecular formula is C29H23ClFN5O. The molecule has 8 heteroatoms. The summed E-state index contributed by atoms with van der Waals surface area (Å²) in [6, 6.07) is 27.1. The molecule has 2 N–H and O–H groups in total. The van der Waals surface area contributed by atoms with Gasteiger partial charge in [-0.2, -0.15) is 0 Å². The van der Waals surface area contributed by atoms with Crippen LogP contribution in [0, 0.1) is 5.82 Å². The number of halogens is 2. The number of benzene rings is 4. The van der Waals surface area contributed by atoms with Gasteiger partial charge in [-0.25, -0.2) is 9.49 Å². The molecule has 6 rings (SSSR count). The van der Waals surface area contributed by atoms with Crippen molar-refractivity contribution in [3.63, 3.8) is 0 Å². The summed E-state index contributed by atoms with van der Waals surface area (Å²) in [7, 11) is 0. The molecule has 4 aromatic carbocycles. The Balaban J connectivity index is 1.57. The predicted octanol–water partition coefficient (Wildman–Crippen LogP) is 7.37. The van der Waals surface area contributed by atoms with Gasteiger partial charge in [0.15, 0.2) is 5.82 Å². The minimum absolute atomic E-state index is 0.119. The molecule has 0 fully saturated rings. The number of nitrogens with zero attached hydrogens (tertiary/aromatic N) is 3. The number of ether oxygens (including phenoxy) is 1. The predicted molar refractivity (Wildman–Crippen MR) is 143 cm³/mol. The number of tetrazole rings is 1. The van der Waals surface area contributed by atoms with E-state index in [0.717, 1.165) is 40.8 Å². The van der Waals surface area contributed by atoms with Gasteiger partial charge in [0.25, 0.3) is 0 Å². The number of hydrogen-bond acceptors (Lipinski definition) is 5. The Labute approximate surface area is 218 Å². The number of aromatic amines is 1. The summed E-state index contributed by atoms with van der Waals surface area (Å²) in [4.78, 5) is 0. The molecule has 1 aliphatic heterocycles. The highest BCUT2D eigenvalue weighted by molar-refractivity contribution is 6.30. The highest BCUT2D eigenvalue weighted by Gasteiger charge is 2.26. The second-order valence-electron chi connectivity index (χ2n) is 8.94. The topological polar surface area (TPSA) is 75.7 Å². The highest BCUT2D eigenvalue weighted by atomic mass is 35.5. The fourth-order valence-electron chi connectivity index (χ4n) is 4.92. The molecule has 1 unspecified atom stereocenters. The molecule has 184 valence electrons. The first-order chi connectivity index (χ1) is 18.2. The first kappa shape index (κ1) is 23.2. The summed E-state index contributed by atoms with van der Waals surface area (Å²) in [5.41, 5.74) is 6.00. The normalized spacial score (nSPS) is 14.9. The number of H-pyrrole nitrogens is 1. The van der Waals surface area contributed by atoms with Crippen LogP contribution in [0.5, 0.6) is 5.75 Å². The van der Waals surface area contributed by atoms with Crippen LogP contribution in [-0.2, 0) is 0 Å². The third-order valence-electron chi connectivity index (χ3n) is 6.62. The van der Waals surface area contributed by atoms with Gasteiger partial charge in [-0.15, -0.1) is 5.10 Å². The Morgan fingerprint density at radius 1 is 0.919 bits per heavy atom. The van der Waals surface area contributed by atoms with Crippen LogP contribution in [0.15, 0.2) is 84.9 Å². The zero-order valence-electron chi connectivity index (χ0n) is 19.8. The second kappa shape index (κ2) is 10.0. The van der Waals surface area contributed by atoms with Crippen LogP contribution >= 0.6 is 11.6 Å². The van der Waals surface area contributed by atoms with Crippen LogP contribution < -0.4 is 10.1 Å². The minimum atomic E-state index is -0.437. The minimum Gasteiger partial charge on any atom is -0.491 e. The van der Waals surface area contributed by atoms with Gasteiger partial charge in [-0.1, -0.05) is 66.2 Å². The molecule has 0 saturated heterocycles. The molecule has 37 heavy (non-hydrogen) atoms. The lowest BCUT2D eigenvalue weighted by Crippen LogP contribution is -2.05. The lowest BCUT2D eigenvalue weighted by molar-refractivity contribution is 0.318. The molecule has 0 saturated carbocycles. The molecule has 2 heterocycles. The van der Waals surface area contributed by atoms with E-state index < -0.39 is 5.82 Å². The Morgan fingerprint density at radius 3 is 2.51 bits per heavy atom. The zero-order chi connectivity index (χ0) is 25.2. The van der Waals surface area contributed by atoms with Crippen molar-refractivity contribution in [2.24, 2.45) is 0 Å². The maximum atomic E-state index is 14.8. The van der Waals surface area contributed by atoms with Crippen molar-refractivity contribution >= 4 is 23.0 Å². The first-order valence-electron chi connectivity index (χ1n) is 12.1. The first-order valence-corrected chi connectivity index (χ1v) is 12.5. The van der Waals surface area contributed by atoms with Crippen LogP contribution in [0.1, 0.15) is 29.9 Å². The van der Waals surface area contributed by atoms with Crippen LogP contribution in [0.4, 0.5) is 15.8 Å². The van der Waals surface area contributed by atoms with Crippen molar-refractivity contribution in [3.05, 3.63) is 107 Å². The largest absolute Gasteiger partial charge is 0.491 e. The van der Waals surface area contributed by atoms with E-state index >= 15 is 0 Å². The zero-order valence-corrected chi connectivity index (χ0v) is 20.5. The number of fused-ring (bicyclic) bond motifs is 1. The average molecular weight is 512 g/mol. The molecule has 5 aromatic rings. The van der Waals surface area contributed by atoms with Crippen LogP contribution in [0.2, 0.25) is 5.02 Å². The molecule has 1 aromatic heterocycles. The van der Waals surface area contributed by atoms with Crippen molar-refractivity contribution in [3.8, 4) is 28.3 Å². The smallest absolute Gasteiger partial charge is 0.180 e. The van der Waals surface area contributed by atoms with E-state index in [1.54, 1.807) is 12.1 Å². The molecule has 1 aliphatic rings. The molecule has 0 radical (unpaired) electrons. The summed E-state index contributed by atoms with van der Waals surface area (Å²) in [5.74, 6) is 0.976. The monoisotopic (exact) mass is 511 g/mol. The molecule has 0 amide bonds. The van der Waals surface area contributed by atoms with Crippen molar-refractivity contribution in [2.45, 2.75) is 18.8 Å². The van der Waals surface area contributed by atoms with Gasteiger partial charge in [0.2, 0.25) is 0 Å². The van der Waals surface area contributed by atoms with E-state index in [2.05, 4.69) is 56.3 Å². The highest BCUT2D eigenvalue weighted by Crippen LogP contribution is 2.46. The van der Waals surface area contributed by atoms with Gasteiger partial charge in [0.1, 0.15) is 11.6 Å². The average Bonchev–Trinajstić information content (AvgIpc) is 3.38. The third kappa shape index (κ3) is 4.66. The Morgan fingerprint density at radius 2 is 1.73 bits per heavy atom.